The molecule has 0 radical (unpaired) electrons. The number of hydrogen-bond donors (Lipinski definition) is 2. The molecule has 7 nitrogen and oxygen atoms in total. The van der Waals surface area contributed by atoms with Crippen molar-refractivity contribution in [2.75, 3.05) is 62.2 Å². The largest absolute Gasteiger partial charge is 0.508 e. The molecule has 248 valence electrons. The van der Waals surface area contributed by atoms with Crippen LogP contribution in [0.1, 0.15) is 62.9 Å². The molecular formula is C40H43FN4O3. The first-order chi connectivity index (χ1) is 23.4. The molecule has 0 spiro atoms. The first-order valence-electron chi connectivity index (χ1n) is 17.3. The number of phenolic OH excluding ortho intramolecular Hbond substituents is 1. The maximum Gasteiger partial charge on any atom is 0.251 e. The smallest absolute Gasteiger partial charge is 0.251 e. The number of amides is 1. The van der Waals surface area contributed by atoms with Gasteiger partial charge in [0.25, 0.3) is 5.91 Å². The van der Waals surface area contributed by atoms with E-state index in [1.807, 2.05) is 24.3 Å². The normalized spacial score (nSPS) is 21.4. The average Bonchev–Trinajstić information content (AvgIpc) is 3.49. The van der Waals surface area contributed by atoms with Crippen LogP contribution in [-0.4, -0.2) is 68.3 Å². The number of anilines is 2. The van der Waals surface area contributed by atoms with E-state index < -0.39 is 0 Å². The molecule has 4 aliphatic rings. The molecule has 8 heteroatoms. The van der Waals surface area contributed by atoms with Crippen LogP contribution >= 0.6 is 0 Å². The summed E-state index contributed by atoms with van der Waals surface area (Å²) in [6.45, 7) is 10.4. The Bertz CT molecular complexity index is 1810. The molecular weight excluding hydrogens is 603 g/mol. The highest BCUT2D eigenvalue weighted by molar-refractivity contribution is 5.98. The first-order valence-corrected chi connectivity index (χ1v) is 17.3. The number of aryl methyl sites for hydroxylation is 1. The van der Waals surface area contributed by atoms with Gasteiger partial charge in [0.15, 0.2) is 0 Å². The van der Waals surface area contributed by atoms with Crippen LogP contribution in [0.25, 0.3) is 0 Å². The Labute approximate surface area is 281 Å². The lowest BCUT2D eigenvalue weighted by atomic mass is 9.75. The number of piperidine rings is 1. The quantitative estimate of drug-likeness (QED) is 0.252. The second-order valence-corrected chi connectivity index (χ2v) is 14.0. The third kappa shape index (κ3) is 5.98. The monoisotopic (exact) mass is 646 g/mol. The van der Waals surface area contributed by atoms with Gasteiger partial charge in [0.05, 0.1) is 6.61 Å². The second kappa shape index (κ2) is 12.8. The summed E-state index contributed by atoms with van der Waals surface area (Å²) in [5.41, 5.74) is 8.34. The number of fused-ring (bicyclic) bond motifs is 2. The van der Waals surface area contributed by atoms with Crippen molar-refractivity contribution in [3.8, 4) is 11.5 Å². The maximum atomic E-state index is 14.2. The zero-order chi connectivity index (χ0) is 32.8. The van der Waals surface area contributed by atoms with E-state index >= 15 is 0 Å². The minimum Gasteiger partial charge on any atom is -0.508 e. The lowest BCUT2D eigenvalue weighted by Gasteiger charge is -2.40. The van der Waals surface area contributed by atoms with Crippen LogP contribution in [0.5, 0.6) is 11.5 Å². The minimum atomic E-state index is -0.197. The molecule has 1 amide bonds. The van der Waals surface area contributed by atoms with Gasteiger partial charge < -0.3 is 25.0 Å². The van der Waals surface area contributed by atoms with Crippen molar-refractivity contribution in [3.63, 3.8) is 0 Å². The van der Waals surface area contributed by atoms with E-state index in [0.717, 1.165) is 68.1 Å². The fourth-order valence-corrected chi connectivity index (χ4v) is 8.23. The van der Waals surface area contributed by atoms with Crippen LogP contribution in [0.2, 0.25) is 0 Å². The lowest BCUT2D eigenvalue weighted by Crippen LogP contribution is -2.49. The number of rotatable bonds is 6. The van der Waals surface area contributed by atoms with Crippen molar-refractivity contribution in [3.05, 3.63) is 118 Å². The Morgan fingerprint density at radius 1 is 0.833 bits per heavy atom. The fourth-order valence-electron chi connectivity index (χ4n) is 8.23. The summed E-state index contributed by atoms with van der Waals surface area (Å²) >= 11 is 0. The zero-order valence-corrected chi connectivity index (χ0v) is 27.5. The van der Waals surface area contributed by atoms with Crippen molar-refractivity contribution in [1.29, 1.82) is 0 Å². The number of carbonyl (C=O) groups is 1. The van der Waals surface area contributed by atoms with Gasteiger partial charge in [0.1, 0.15) is 17.3 Å². The van der Waals surface area contributed by atoms with Crippen molar-refractivity contribution < 1.29 is 19.0 Å². The van der Waals surface area contributed by atoms with Gasteiger partial charge in [-0.1, -0.05) is 30.3 Å². The summed E-state index contributed by atoms with van der Waals surface area (Å²) in [6, 6.07) is 26.0. The summed E-state index contributed by atoms with van der Waals surface area (Å²) in [5.74, 6) is 1.51. The first kappa shape index (κ1) is 30.8. The fraction of sp³-hybridized carbons (Fsp3) is 0.375. The maximum absolute atomic E-state index is 14.2. The molecule has 2 fully saturated rings. The van der Waals surface area contributed by atoms with E-state index in [1.165, 1.54) is 29.8 Å². The summed E-state index contributed by atoms with van der Waals surface area (Å²) in [4.78, 5) is 19.5. The highest BCUT2D eigenvalue weighted by Crippen LogP contribution is 2.47. The van der Waals surface area contributed by atoms with Crippen LogP contribution in [0.3, 0.4) is 0 Å². The number of piperazine rings is 1. The molecule has 0 unspecified atom stereocenters. The third-order valence-electron chi connectivity index (χ3n) is 11.0. The summed E-state index contributed by atoms with van der Waals surface area (Å²) in [7, 11) is 0. The van der Waals surface area contributed by atoms with Gasteiger partial charge in [0, 0.05) is 92.8 Å². The standard InChI is InChI=1S/C40H43FN4O3/c1-26-20-29(4-11-37(26)41)36-25-48-38-22-33(46)8-10-35(38)39(36)28-2-5-31(6-3-28)44-14-12-27(13-15-44)24-43-16-18-45(19-17-43)32-7-9-34-30(21-32)23-42-40(34)47/h2-11,20-22,27,36,39,46H,12-19,23-25H2,1H3,(H,42,47)/t36-,39-/m1/s1. The molecule has 0 saturated carbocycles. The van der Waals surface area contributed by atoms with Gasteiger partial charge in [-0.05, 0) is 90.4 Å². The number of ether oxygens (including phenoxy) is 1. The van der Waals surface area contributed by atoms with Crippen molar-refractivity contribution >= 4 is 17.3 Å². The Morgan fingerprint density at radius 3 is 2.33 bits per heavy atom. The van der Waals surface area contributed by atoms with Crippen molar-refractivity contribution in [2.45, 2.75) is 38.1 Å². The van der Waals surface area contributed by atoms with Crippen LogP contribution in [-0.2, 0) is 6.54 Å². The molecule has 2 saturated heterocycles. The van der Waals surface area contributed by atoms with Gasteiger partial charge in [-0.3, -0.25) is 9.69 Å². The Hall–Kier alpha value is -4.56. The van der Waals surface area contributed by atoms with Crippen LogP contribution in [0.4, 0.5) is 15.8 Å². The molecule has 4 aromatic carbocycles. The summed E-state index contributed by atoms with van der Waals surface area (Å²) in [5, 5.41) is 13.1. The number of nitrogens with zero attached hydrogens (tertiary/aromatic N) is 3. The Morgan fingerprint density at radius 2 is 1.56 bits per heavy atom. The molecule has 4 heterocycles. The molecule has 0 aliphatic carbocycles. The van der Waals surface area contributed by atoms with E-state index in [4.69, 9.17) is 4.74 Å². The molecule has 0 aromatic heterocycles. The molecule has 48 heavy (non-hydrogen) atoms. The van der Waals surface area contributed by atoms with Crippen molar-refractivity contribution in [2.24, 2.45) is 5.92 Å². The predicted octanol–water partition coefficient (Wildman–Crippen LogP) is 6.43. The van der Waals surface area contributed by atoms with Crippen LogP contribution in [0, 0.1) is 18.7 Å². The minimum absolute atomic E-state index is 0.0289. The van der Waals surface area contributed by atoms with E-state index in [2.05, 4.69) is 56.4 Å². The molecule has 2 N–H and O–H groups in total. The number of phenols is 1. The third-order valence-corrected chi connectivity index (χ3v) is 11.0. The predicted molar refractivity (Wildman–Crippen MR) is 187 cm³/mol. The van der Waals surface area contributed by atoms with E-state index in [9.17, 15) is 14.3 Å². The molecule has 4 aliphatic heterocycles. The molecule has 2 atom stereocenters. The number of halogens is 1. The van der Waals surface area contributed by atoms with Crippen LogP contribution in [0.15, 0.2) is 78.9 Å². The summed E-state index contributed by atoms with van der Waals surface area (Å²) < 4.78 is 20.3. The molecule has 4 aromatic rings. The average molecular weight is 647 g/mol. The van der Waals surface area contributed by atoms with Crippen molar-refractivity contribution in [1.82, 2.24) is 10.2 Å². The van der Waals surface area contributed by atoms with Gasteiger partial charge in [-0.2, -0.15) is 0 Å². The van der Waals surface area contributed by atoms with Crippen LogP contribution < -0.4 is 19.9 Å². The number of aromatic hydroxyl groups is 1. The zero-order valence-electron chi connectivity index (χ0n) is 27.5. The highest BCUT2D eigenvalue weighted by Gasteiger charge is 2.34. The summed E-state index contributed by atoms with van der Waals surface area (Å²) in [6.07, 6.45) is 2.38. The highest BCUT2D eigenvalue weighted by atomic mass is 19.1. The van der Waals surface area contributed by atoms with Gasteiger partial charge in [-0.15, -0.1) is 0 Å². The molecule has 8 rings (SSSR count). The number of hydrogen-bond acceptors (Lipinski definition) is 6. The molecule has 0 bridgehead atoms. The number of benzene rings is 4. The van der Waals surface area contributed by atoms with E-state index in [0.29, 0.717) is 30.4 Å². The Kier molecular flexibility index (Phi) is 8.20. The number of nitrogens with one attached hydrogen (secondary N) is 1. The lowest BCUT2D eigenvalue weighted by molar-refractivity contribution is 0.0965. The SMILES string of the molecule is Cc1cc([C@H]2COc3cc(O)ccc3[C@H]2c2ccc(N3CCC(CN4CCN(c5ccc6c(c5)CNC6=O)CC4)CC3)cc2)ccc1F. The van der Waals surface area contributed by atoms with Gasteiger partial charge in [0.2, 0.25) is 0 Å². The topological polar surface area (TPSA) is 68.3 Å². The number of carbonyl (C=O) groups excluding carboxylic acids is 1. The van der Waals surface area contributed by atoms with Gasteiger partial charge in [-0.25, -0.2) is 4.39 Å². The second-order valence-electron chi connectivity index (χ2n) is 14.0. The Balaban J connectivity index is 0.890. The van der Waals surface area contributed by atoms with E-state index in [1.54, 1.807) is 25.1 Å². The van der Waals surface area contributed by atoms with Gasteiger partial charge >= 0.3 is 0 Å². The van der Waals surface area contributed by atoms with E-state index in [-0.39, 0.29) is 29.3 Å².